The summed E-state index contributed by atoms with van der Waals surface area (Å²) >= 11 is 0. The van der Waals surface area contributed by atoms with Crippen LogP contribution in [-0.4, -0.2) is 29.2 Å². The van der Waals surface area contributed by atoms with Crippen molar-refractivity contribution in [2.75, 3.05) is 0 Å². The number of urea groups is 1. The summed E-state index contributed by atoms with van der Waals surface area (Å²) in [6.45, 7) is 7.93. The molecular weight excluding hydrogens is 256 g/mol. The van der Waals surface area contributed by atoms with Gasteiger partial charge in [-0.15, -0.1) is 0 Å². The molecule has 0 heterocycles. The first kappa shape index (κ1) is 16.8. The van der Waals surface area contributed by atoms with Gasteiger partial charge in [-0.25, -0.2) is 9.59 Å². The molecule has 0 saturated heterocycles. The lowest BCUT2D eigenvalue weighted by Crippen LogP contribution is -2.53. The molecule has 0 aromatic heterocycles. The molecule has 3 atom stereocenters. The average molecular weight is 284 g/mol. The molecule has 1 aliphatic carbocycles. The standard InChI is InChI=1S/C15H28N2O3/c1-9(2)11-7-5-6-8-12(11)16-15(20)17-13(10(3)4)14(18)19/h9-13H,5-8H2,1-4H3,(H,18,19)(H2,16,17,20). The number of hydrogen-bond donors (Lipinski definition) is 3. The molecule has 0 aromatic carbocycles. The van der Waals surface area contributed by atoms with Crippen molar-refractivity contribution in [2.24, 2.45) is 17.8 Å². The molecule has 1 fully saturated rings. The van der Waals surface area contributed by atoms with Crippen LogP contribution in [0.25, 0.3) is 0 Å². The number of carbonyl (C=O) groups is 2. The van der Waals surface area contributed by atoms with E-state index < -0.39 is 12.0 Å². The number of carboxylic acids is 1. The maximum atomic E-state index is 12.0. The maximum absolute atomic E-state index is 12.0. The number of nitrogens with one attached hydrogen (secondary N) is 2. The minimum Gasteiger partial charge on any atom is -0.480 e. The van der Waals surface area contributed by atoms with E-state index in [9.17, 15) is 9.59 Å². The first-order valence-electron chi connectivity index (χ1n) is 7.62. The largest absolute Gasteiger partial charge is 0.480 e. The van der Waals surface area contributed by atoms with Crippen LogP contribution in [0.3, 0.4) is 0 Å². The van der Waals surface area contributed by atoms with E-state index >= 15 is 0 Å². The Bertz CT molecular complexity index is 342. The molecule has 3 N–H and O–H groups in total. The molecule has 0 radical (unpaired) electrons. The second-order valence-electron chi connectivity index (χ2n) is 6.48. The van der Waals surface area contributed by atoms with E-state index in [1.54, 1.807) is 13.8 Å². The van der Waals surface area contributed by atoms with Crippen LogP contribution >= 0.6 is 0 Å². The molecule has 0 bridgehead atoms. The zero-order valence-corrected chi connectivity index (χ0v) is 13.0. The van der Waals surface area contributed by atoms with Gasteiger partial charge in [-0.05, 0) is 30.6 Å². The lowest BCUT2D eigenvalue weighted by atomic mass is 9.78. The van der Waals surface area contributed by atoms with E-state index in [0.29, 0.717) is 11.8 Å². The molecule has 116 valence electrons. The molecule has 2 amide bonds. The summed E-state index contributed by atoms with van der Waals surface area (Å²) in [5.74, 6) is -0.109. The van der Waals surface area contributed by atoms with E-state index in [1.807, 2.05) is 0 Å². The van der Waals surface area contributed by atoms with E-state index in [1.165, 1.54) is 6.42 Å². The second kappa shape index (κ2) is 7.50. The van der Waals surface area contributed by atoms with Crippen LogP contribution in [0.2, 0.25) is 0 Å². The first-order valence-corrected chi connectivity index (χ1v) is 7.62. The maximum Gasteiger partial charge on any atom is 0.326 e. The molecule has 1 aliphatic rings. The number of rotatable bonds is 5. The van der Waals surface area contributed by atoms with Crippen LogP contribution < -0.4 is 10.6 Å². The fourth-order valence-electron chi connectivity index (χ4n) is 3.00. The van der Waals surface area contributed by atoms with Crippen molar-refractivity contribution < 1.29 is 14.7 Å². The van der Waals surface area contributed by atoms with Crippen molar-refractivity contribution in [2.45, 2.75) is 65.5 Å². The Hall–Kier alpha value is -1.26. The van der Waals surface area contributed by atoms with Gasteiger partial charge >= 0.3 is 12.0 Å². The Morgan fingerprint density at radius 1 is 1.10 bits per heavy atom. The average Bonchev–Trinajstić information content (AvgIpc) is 2.35. The van der Waals surface area contributed by atoms with Crippen LogP contribution in [0.4, 0.5) is 4.79 Å². The molecule has 3 unspecified atom stereocenters. The van der Waals surface area contributed by atoms with E-state index in [-0.39, 0.29) is 18.0 Å². The predicted molar refractivity (Wildman–Crippen MR) is 78.5 cm³/mol. The Balaban J connectivity index is 2.57. The van der Waals surface area contributed by atoms with Gasteiger partial charge in [-0.2, -0.15) is 0 Å². The Morgan fingerprint density at radius 2 is 1.70 bits per heavy atom. The molecule has 1 saturated carbocycles. The normalized spacial score (nSPS) is 24.5. The van der Waals surface area contributed by atoms with E-state index in [0.717, 1.165) is 19.3 Å². The number of carbonyl (C=O) groups excluding carboxylic acids is 1. The molecule has 1 rings (SSSR count). The van der Waals surface area contributed by atoms with E-state index in [4.69, 9.17) is 5.11 Å². The second-order valence-corrected chi connectivity index (χ2v) is 6.48. The molecule has 0 aliphatic heterocycles. The van der Waals surface area contributed by atoms with Gasteiger partial charge in [0.05, 0.1) is 0 Å². The van der Waals surface area contributed by atoms with Crippen LogP contribution in [0.1, 0.15) is 53.4 Å². The number of hydrogen-bond acceptors (Lipinski definition) is 2. The highest BCUT2D eigenvalue weighted by atomic mass is 16.4. The summed E-state index contributed by atoms with van der Waals surface area (Å²) in [7, 11) is 0. The van der Waals surface area contributed by atoms with Crippen molar-refractivity contribution >= 4 is 12.0 Å². The Labute approximate surface area is 121 Å². The molecular formula is C15H28N2O3. The molecule has 0 aromatic rings. The fourth-order valence-corrected chi connectivity index (χ4v) is 3.00. The minimum absolute atomic E-state index is 0.134. The Kier molecular flexibility index (Phi) is 6.30. The van der Waals surface area contributed by atoms with Crippen LogP contribution in [0, 0.1) is 17.8 Å². The summed E-state index contributed by atoms with van der Waals surface area (Å²) in [4.78, 5) is 23.1. The van der Waals surface area contributed by atoms with Crippen molar-refractivity contribution in [3.63, 3.8) is 0 Å². The summed E-state index contributed by atoms with van der Waals surface area (Å²) < 4.78 is 0. The lowest BCUT2D eigenvalue weighted by Gasteiger charge is -2.35. The Morgan fingerprint density at radius 3 is 2.20 bits per heavy atom. The molecule has 20 heavy (non-hydrogen) atoms. The quantitative estimate of drug-likeness (QED) is 0.726. The predicted octanol–water partition coefficient (Wildman–Crippen LogP) is 2.61. The fraction of sp³-hybridized carbons (Fsp3) is 0.867. The third-order valence-electron chi connectivity index (χ3n) is 4.21. The van der Waals surface area contributed by atoms with Gasteiger partial charge in [0, 0.05) is 6.04 Å². The van der Waals surface area contributed by atoms with Crippen molar-refractivity contribution in [1.29, 1.82) is 0 Å². The first-order chi connectivity index (χ1) is 9.32. The summed E-state index contributed by atoms with van der Waals surface area (Å²) in [6, 6.07) is -1.04. The summed E-state index contributed by atoms with van der Waals surface area (Å²) in [5, 5.41) is 14.6. The highest BCUT2D eigenvalue weighted by Gasteiger charge is 2.30. The third-order valence-corrected chi connectivity index (χ3v) is 4.21. The highest BCUT2D eigenvalue weighted by molar-refractivity contribution is 5.82. The molecule has 5 heteroatoms. The van der Waals surface area contributed by atoms with Gasteiger partial charge in [0.2, 0.25) is 0 Å². The number of carboxylic acid groups (broad SMARTS) is 1. The molecule has 5 nitrogen and oxygen atoms in total. The van der Waals surface area contributed by atoms with Crippen LogP contribution in [-0.2, 0) is 4.79 Å². The van der Waals surface area contributed by atoms with Crippen molar-refractivity contribution in [3.8, 4) is 0 Å². The summed E-state index contributed by atoms with van der Waals surface area (Å²) in [5.41, 5.74) is 0. The van der Waals surface area contributed by atoms with Gasteiger partial charge in [0.1, 0.15) is 6.04 Å². The zero-order valence-electron chi connectivity index (χ0n) is 13.0. The zero-order chi connectivity index (χ0) is 15.3. The van der Waals surface area contributed by atoms with Crippen molar-refractivity contribution in [1.82, 2.24) is 10.6 Å². The van der Waals surface area contributed by atoms with Crippen molar-refractivity contribution in [3.05, 3.63) is 0 Å². The monoisotopic (exact) mass is 284 g/mol. The van der Waals surface area contributed by atoms with Gasteiger partial charge in [-0.1, -0.05) is 40.5 Å². The van der Waals surface area contributed by atoms with Crippen LogP contribution in [0.15, 0.2) is 0 Å². The topological polar surface area (TPSA) is 78.4 Å². The lowest BCUT2D eigenvalue weighted by molar-refractivity contribution is -0.140. The van der Waals surface area contributed by atoms with Gasteiger partial charge in [-0.3, -0.25) is 0 Å². The summed E-state index contributed by atoms with van der Waals surface area (Å²) in [6.07, 6.45) is 4.46. The van der Waals surface area contributed by atoms with Gasteiger partial charge in [0.15, 0.2) is 0 Å². The highest BCUT2D eigenvalue weighted by Crippen LogP contribution is 2.30. The van der Waals surface area contributed by atoms with E-state index in [2.05, 4.69) is 24.5 Å². The minimum atomic E-state index is -0.987. The van der Waals surface area contributed by atoms with Crippen LogP contribution in [0.5, 0.6) is 0 Å². The number of amides is 2. The smallest absolute Gasteiger partial charge is 0.326 e. The number of aliphatic carboxylic acids is 1. The van der Waals surface area contributed by atoms with Gasteiger partial charge in [0.25, 0.3) is 0 Å². The third kappa shape index (κ3) is 4.69. The molecule has 0 spiro atoms. The SMILES string of the molecule is CC(C)C(NC(=O)NC1CCCCC1C(C)C)C(=O)O. The van der Waals surface area contributed by atoms with Gasteiger partial charge < -0.3 is 15.7 Å².